The van der Waals surface area contributed by atoms with E-state index in [9.17, 15) is 43.2 Å². The summed E-state index contributed by atoms with van der Waals surface area (Å²) >= 11 is 0. The molecule has 0 aromatic carbocycles. The van der Waals surface area contributed by atoms with Crippen molar-refractivity contribution in [3.8, 4) is 0 Å². The molecule has 0 saturated heterocycles. The van der Waals surface area contributed by atoms with E-state index in [2.05, 4.69) is 55.4 Å². The SMILES string of the molecule is CCC(C)CCCCCCCCCCCCCCCCCCCCC(=O)OC[C@H](COP(=O)(O)OC[C@@H](O)COP(=O)(O)OC[C@@H](COC(=O)CCCCCCCCC(C)CC)OC(=O)CCCCCCCCCCCCCC(C)C)OC(=O)CCCCCCCCCCCCCCCCC(C)C. The number of ether oxygens (including phenoxy) is 4. The number of rotatable bonds is 81. The second-order valence-corrected chi connectivity index (χ2v) is 34.6. The van der Waals surface area contributed by atoms with Crippen molar-refractivity contribution in [2.75, 3.05) is 39.6 Å². The minimum absolute atomic E-state index is 0.105. The van der Waals surface area contributed by atoms with Crippen LogP contribution < -0.4 is 0 Å². The summed E-state index contributed by atoms with van der Waals surface area (Å²) in [6.07, 6.45) is 61.1. The Balaban J connectivity index is 5.22. The van der Waals surface area contributed by atoms with Crippen LogP contribution in [-0.4, -0.2) is 96.7 Å². The molecule has 7 atom stereocenters. The van der Waals surface area contributed by atoms with Crippen molar-refractivity contribution in [2.24, 2.45) is 23.7 Å². The average Bonchev–Trinajstić information content (AvgIpc) is 0.920. The number of hydrogen-bond acceptors (Lipinski definition) is 15. The highest BCUT2D eigenvalue weighted by molar-refractivity contribution is 7.47. The summed E-state index contributed by atoms with van der Waals surface area (Å²) in [7, 11) is -9.93. The van der Waals surface area contributed by atoms with Gasteiger partial charge in [0.05, 0.1) is 26.4 Å². The van der Waals surface area contributed by atoms with Crippen LogP contribution in [0.5, 0.6) is 0 Å². The van der Waals surface area contributed by atoms with Gasteiger partial charge in [-0.2, -0.15) is 0 Å². The van der Waals surface area contributed by atoms with Crippen LogP contribution in [0.25, 0.3) is 0 Å². The molecule has 4 unspecified atom stereocenters. The lowest BCUT2D eigenvalue weighted by atomic mass is 9.99. The van der Waals surface area contributed by atoms with Gasteiger partial charge in [-0.3, -0.25) is 37.3 Å². The summed E-state index contributed by atoms with van der Waals surface area (Å²) < 4.78 is 68.8. The molecule has 103 heavy (non-hydrogen) atoms. The molecular formula is C84H164O17P2. The maximum absolute atomic E-state index is 13.1. The lowest BCUT2D eigenvalue weighted by Gasteiger charge is -2.21. The molecule has 0 spiro atoms. The fourth-order valence-corrected chi connectivity index (χ4v) is 14.5. The first-order chi connectivity index (χ1) is 49.7. The number of aliphatic hydroxyl groups excluding tert-OH is 1. The molecule has 0 fully saturated rings. The van der Waals surface area contributed by atoms with E-state index >= 15 is 0 Å². The van der Waals surface area contributed by atoms with Crippen molar-refractivity contribution in [2.45, 2.75) is 453 Å². The third-order valence-electron chi connectivity index (χ3n) is 20.3. The van der Waals surface area contributed by atoms with Crippen molar-refractivity contribution in [1.29, 1.82) is 0 Å². The van der Waals surface area contributed by atoms with Gasteiger partial charge < -0.3 is 33.8 Å². The monoisotopic (exact) mass is 1510 g/mol. The van der Waals surface area contributed by atoms with E-state index in [1.54, 1.807) is 0 Å². The van der Waals surface area contributed by atoms with E-state index in [1.165, 1.54) is 231 Å². The zero-order valence-corrected chi connectivity index (χ0v) is 69.7. The Bertz CT molecular complexity index is 2010. The first-order valence-corrected chi connectivity index (χ1v) is 46.3. The summed E-state index contributed by atoms with van der Waals surface area (Å²) in [5, 5.41) is 10.7. The van der Waals surface area contributed by atoms with Crippen LogP contribution in [0, 0.1) is 23.7 Å². The molecule has 0 amide bonds. The van der Waals surface area contributed by atoms with Crippen molar-refractivity contribution in [3.63, 3.8) is 0 Å². The van der Waals surface area contributed by atoms with Crippen LogP contribution in [0.4, 0.5) is 0 Å². The first kappa shape index (κ1) is 101. The molecule has 0 aromatic rings. The van der Waals surface area contributed by atoms with Gasteiger partial charge >= 0.3 is 39.5 Å². The third kappa shape index (κ3) is 75.3. The maximum atomic E-state index is 13.1. The summed E-state index contributed by atoms with van der Waals surface area (Å²) in [5.41, 5.74) is 0. The molecule has 17 nitrogen and oxygen atoms in total. The predicted molar refractivity (Wildman–Crippen MR) is 423 cm³/mol. The Morgan fingerprint density at radius 3 is 0.689 bits per heavy atom. The highest BCUT2D eigenvalue weighted by Gasteiger charge is 2.30. The number of carbonyl (C=O) groups is 4. The molecule has 0 radical (unpaired) electrons. The first-order valence-electron chi connectivity index (χ1n) is 43.3. The quantitative estimate of drug-likeness (QED) is 0.0222. The molecule has 0 aliphatic carbocycles. The van der Waals surface area contributed by atoms with Crippen molar-refractivity contribution in [1.82, 2.24) is 0 Å². The summed E-state index contributed by atoms with van der Waals surface area (Å²) in [5.74, 6) is 1.05. The minimum Gasteiger partial charge on any atom is -0.462 e. The molecule has 0 rings (SSSR count). The Kier molecular flexibility index (Phi) is 71.5. The molecular weight excluding hydrogens is 1340 g/mol. The van der Waals surface area contributed by atoms with E-state index in [1.807, 2.05) is 0 Å². The van der Waals surface area contributed by atoms with Crippen LogP contribution in [0.15, 0.2) is 0 Å². The largest absolute Gasteiger partial charge is 0.472 e. The number of esters is 4. The van der Waals surface area contributed by atoms with Gasteiger partial charge in [0.25, 0.3) is 0 Å². The molecule has 19 heteroatoms. The standard InChI is InChI=1S/C84H164O17P2/c1-9-76(7)62-54-46-38-32-26-20-15-13-11-12-14-16-21-27-33-39-48-56-64-81(86)94-70-79(100-83(88)66-58-50-40-34-28-22-18-17-19-24-30-36-44-52-60-74(3)4)72-98-102(90,91)96-68-78(85)69-97-103(92,93)99-73-80(71-95-82(87)65-57-49-43-42-47-55-63-77(8)10-2)101-84(89)67-59-51-41-35-29-23-25-31-37-45-53-61-75(5)6/h74-80,85H,9-73H2,1-8H3,(H,90,91)(H,92,93)/t76?,77?,78-,79-,80-/m1/s1. The lowest BCUT2D eigenvalue weighted by Crippen LogP contribution is -2.30. The lowest BCUT2D eigenvalue weighted by molar-refractivity contribution is -0.161. The van der Waals surface area contributed by atoms with E-state index < -0.39 is 97.5 Å². The summed E-state index contributed by atoms with van der Waals surface area (Å²) in [6, 6.07) is 0. The van der Waals surface area contributed by atoms with E-state index in [4.69, 9.17) is 37.0 Å². The molecule has 612 valence electrons. The van der Waals surface area contributed by atoms with Gasteiger partial charge in [0.15, 0.2) is 12.2 Å². The number of phosphoric ester groups is 2. The Labute approximate surface area is 632 Å². The van der Waals surface area contributed by atoms with Gasteiger partial charge in [0, 0.05) is 25.7 Å². The Morgan fingerprint density at radius 1 is 0.272 bits per heavy atom. The third-order valence-corrected chi connectivity index (χ3v) is 22.2. The fraction of sp³-hybridized carbons (Fsp3) is 0.952. The topological polar surface area (TPSA) is 237 Å². The second-order valence-electron chi connectivity index (χ2n) is 31.7. The van der Waals surface area contributed by atoms with Crippen molar-refractivity contribution < 1.29 is 80.2 Å². The number of phosphoric acid groups is 2. The Hall–Kier alpha value is -1.94. The van der Waals surface area contributed by atoms with Gasteiger partial charge in [-0.1, -0.05) is 383 Å². The van der Waals surface area contributed by atoms with E-state index in [-0.39, 0.29) is 25.7 Å². The van der Waals surface area contributed by atoms with E-state index in [0.717, 1.165) is 120 Å². The molecule has 0 aliphatic rings. The smallest absolute Gasteiger partial charge is 0.462 e. The van der Waals surface area contributed by atoms with Crippen LogP contribution in [0.1, 0.15) is 434 Å². The number of carbonyl (C=O) groups excluding carboxylic acids is 4. The predicted octanol–water partition coefficient (Wildman–Crippen LogP) is 25.2. The van der Waals surface area contributed by atoms with Crippen molar-refractivity contribution in [3.05, 3.63) is 0 Å². The van der Waals surface area contributed by atoms with Gasteiger partial charge in [-0.15, -0.1) is 0 Å². The zero-order chi connectivity index (χ0) is 76.0. The van der Waals surface area contributed by atoms with Crippen LogP contribution in [0.3, 0.4) is 0 Å². The van der Waals surface area contributed by atoms with Gasteiger partial charge in [0.2, 0.25) is 0 Å². The number of aliphatic hydroxyl groups is 1. The summed E-state index contributed by atoms with van der Waals surface area (Å²) in [6.45, 7) is 14.3. The molecule has 0 bridgehead atoms. The van der Waals surface area contributed by atoms with Gasteiger partial charge in [0.1, 0.15) is 19.3 Å². The minimum atomic E-state index is -4.97. The molecule has 0 aromatic heterocycles. The van der Waals surface area contributed by atoms with Crippen LogP contribution in [-0.2, 0) is 65.4 Å². The summed E-state index contributed by atoms with van der Waals surface area (Å²) in [4.78, 5) is 73.1. The maximum Gasteiger partial charge on any atom is 0.472 e. The van der Waals surface area contributed by atoms with Gasteiger partial charge in [-0.05, 0) is 49.4 Å². The van der Waals surface area contributed by atoms with Gasteiger partial charge in [-0.25, -0.2) is 9.13 Å². The van der Waals surface area contributed by atoms with Crippen LogP contribution >= 0.6 is 15.6 Å². The average molecular weight is 1510 g/mol. The normalized spacial score (nSPS) is 14.5. The van der Waals surface area contributed by atoms with E-state index in [0.29, 0.717) is 25.7 Å². The number of unbranched alkanes of at least 4 members (excludes halogenated alkanes) is 45. The molecule has 0 saturated carbocycles. The highest BCUT2D eigenvalue weighted by Crippen LogP contribution is 2.45. The zero-order valence-electron chi connectivity index (χ0n) is 68.0. The molecule has 3 N–H and O–H groups in total. The highest BCUT2D eigenvalue weighted by atomic mass is 31.2. The molecule has 0 aliphatic heterocycles. The van der Waals surface area contributed by atoms with Crippen LogP contribution in [0.2, 0.25) is 0 Å². The molecule has 0 heterocycles. The Morgan fingerprint density at radius 2 is 0.466 bits per heavy atom. The van der Waals surface area contributed by atoms with Crippen molar-refractivity contribution >= 4 is 39.5 Å². The number of hydrogen-bond donors (Lipinski definition) is 3. The second kappa shape index (κ2) is 72.9. The fourth-order valence-electron chi connectivity index (χ4n) is 12.9.